The summed E-state index contributed by atoms with van der Waals surface area (Å²) < 4.78 is 10.2. The SMILES string of the molecule is CC(=O)Nc1ccc(NC(=O)COC(=O)COc2cccc(C)c2)cc1. The lowest BCUT2D eigenvalue weighted by Gasteiger charge is -2.09. The van der Waals surface area contributed by atoms with Gasteiger partial charge in [-0.2, -0.15) is 0 Å². The number of benzene rings is 2. The van der Waals surface area contributed by atoms with Gasteiger partial charge < -0.3 is 20.1 Å². The number of hydrogen-bond acceptors (Lipinski definition) is 5. The van der Waals surface area contributed by atoms with Crippen LogP contribution in [0, 0.1) is 6.92 Å². The van der Waals surface area contributed by atoms with E-state index in [2.05, 4.69) is 10.6 Å². The second-order valence-electron chi connectivity index (χ2n) is 5.57. The van der Waals surface area contributed by atoms with Crippen molar-refractivity contribution in [2.75, 3.05) is 23.8 Å². The van der Waals surface area contributed by atoms with Gasteiger partial charge >= 0.3 is 5.97 Å². The highest BCUT2D eigenvalue weighted by Gasteiger charge is 2.09. The van der Waals surface area contributed by atoms with Crippen LogP contribution < -0.4 is 15.4 Å². The summed E-state index contributed by atoms with van der Waals surface area (Å²) in [5.41, 5.74) is 2.16. The fraction of sp³-hybridized carbons (Fsp3) is 0.211. The molecule has 0 aliphatic heterocycles. The summed E-state index contributed by atoms with van der Waals surface area (Å²) in [4.78, 5) is 34.4. The van der Waals surface area contributed by atoms with E-state index < -0.39 is 18.5 Å². The second kappa shape index (κ2) is 9.22. The Morgan fingerprint density at radius 3 is 2.19 bits per heavy atom. The highest BCUT2D eigenvalue weighted by molar-refractivity contribution is 5.93. The standard InChI is InChI=1S/C19H20N2O5/c1-13-4-3-5-17(10-13)25-12-19(24)26-11-18(23)21-16-8-6-15(7-9-16)20-14(2)22/h3-10H,11-12H2,1-2H3,(H,20,22)(H,21,23). The monoisotopic (exact) mass is 356 g/mol. The lowest BCUT2D eigenvalue weighted by Crippen LogP contribution is -2.23. The van der Waals surface area contributed by atoms with Crippen molar-refractivity contribution in [1.82, 2.24) is 0 Å². The van der Waals surface area contributed by atoms with Crippen molar-refractivity contribution >= 4 is 29.2 Å². The molecule has 0 saturated carbocycles. The Morgan fingerprint density at radius 1 is 0.923 bits per heavy atom. The number of carbonyl (C=O) groups is 3. The van der Waals surface area contributed by atoms with Crippen molar-refractivity contribution in [3.63, 3.8) is 0 Å². The van der Waals surface area contributed by atoms with Crippen LogP contribution in [0.2, 0.25) is 0 Å². The molecule has 0 aliphatic carbocycles. The molecule has 0 heterocycles. The fourth-order valence-electron chi connectivity index (χ4n) is 2.07. The summed E-state index contributed by atoms with van der Waals surface area (Å²) in [6.45, 7) is 2.64. The summed E-state index contributed by atoms with van der Waals surface area (Å²) in [7, 11) is 0. The fourth-order valence-corrected chi connectivity index (χ4v) is 2.07. The number of hydrogen-bond donors (Lipinski definition) is 2. The number of rotatable bonds is 7. The van der Waals surface area contributed by atoms with Gasteiger partial charge in [0.05, 0.1) is 0 Å². The van der Waals surface area contributed by atoms with E-state index in [0.29, 0.717) is 17.1 Å². The van der Waals surface area contributed by atoms with Gasteiger partial charge in [-0.3, -0.25) is 9.59 Å². The average molecular weight is 356 g/mol. The van der Waals surface area contributed by atoms with E-state index in [1.54, 1.807) is 36.4 Å². The van der Waals surface area contributed by atoms with Gasteiger partial charge in [0.25, 0.3) is 5.91 Å². The maximum absolute atomic E-state index is 11.8. The van der Waals surface area contributed by atoms with Gasteiger partial charge in [-0.05, 0) is 48.9 Å². The lowest BCUT2D eigenvalue weighted by molar-refractivity contribution is -0.149. The summed E-state index contributed by atoms with van der Waals surface area (Å²) in [6, 6.07) is 13.8. The molecule has 0 aliphatic rings. The number of anilines is 2. The minimum atomic E-state index is -0.636. The number of carbonyl (C=O) groups excluding carboxylic acids is 3. The third-order valence-electron chi connectivity index (χ3n) is 3.20. The van der Waals surface area contributed by atoms with Gasteiger partial charge in [-0.25, -0.2) is 4.79 Å². The van der Waals surface area contributed by atoms with Gasteiger partial charge in [0.1, 0.15) is 5.75 Å². The quantitative estimate of drug-likeness (QED) is 0.744. The van der Waals surface area contributed by atoms with Crippen LogP contribution in [0.3, 0.4) is 0 Å². The zero-order valence-electron chi connectivity index (χ0n) is 14.6. The molecule has 0 radical (unpaired) electrons. The van der Waals surface area contributed by atoms with E-state index >= 15 is 0 Å². The van der Waals surface area contributed by atoms with Gasteiger partial charge in [-0.15, -0.1) is 0 Å². The van der Waals surface area contributed by atoms with Crippen molar-refractivity contribution in [3.8, 4) is 5.75 Å². The van der Waals surface area contributed by atoms with Crippen LogP contribution in [-0.4, -0.2) is 31.0 Å². The van der Waals surface area contributed by atoms with E-state index in [9.17, 15) is 14.4 Å². The molecule has 2 aromatic rings. The molecule has 0 spiro atoms. The predicted molar refractivity (Wildman–Crippen MR) is 97.0 cm³/mol. The molecule has 136 valence electrons. The van der Waals surface area contributed by atoms with E-state index in [4.69, 9.17) is 9.47 Å². The van der Waals surface area contributed by atoms with E-state index in [0.717, 1.165) is 5.56 Å². The van der Waals surface area contributed by atoms with E-state index in [1.807, 2.05) is 19.1 Å². The Kier molecular flexibility index (Phi) is 6.73. The van der Waals surface area contributed by atoms with Gasteiger partial charge in [-0.1, -0.05) is 12.1 Å². The molecule has 0 unspecified atom stereocenters. The molecular weight excluding hydrogens is 336 g/mol. The maximum Gasteiger partial charge on any atom is 0.344 e. The first-order valence-electron chi connectivity index (χ1n) is 7.95. The first kappa shape index (κ1) is 19.0. The summed E-state index contributed by atoms with van der Waals surface area (Å²) in [5, 5.41) is 5.21. The smallest absolute Gasteiger partial charge is 0.344 e. The van der Waals surface area contributed by atoms with Crippen LogP contribution in [0.1, 0.15) is 12.5 Å². The van der Waals surface area contributed by atoms with E-state index in [1.165, 1.54) is 6.92 Å². The van der Waals surface area contributed by atoms with Crippen molar-refractivity contribution in [1.29, 1.82) is 0 Å². The number of esters is 1. The molecule has 2 aromatic carbocycles. The zero-order valence-corrected chi connectivity index (χ0v) is 14.6. The van der Waals surface area contributed by atoms with Crippen LogP contribution in [0.5, 0.6) is 5.75 Å². The first-order chi connectivity index (χ1) is 12.4. The number of nitrogens with one attached hydrogen (secondary N) is 2. The first-order valence-corrected chi connectivity index (χ1v) is 7.95. The van der Waals surface area contributed by atoms with Crippen LogP contribution in [0.15, 0.2) is 48.5 Å². The van der Waals surface area contributed by atoms with Crippen LogP contribution >= 0.6 is 0 Å². The molecule has 0 bridgehead atoms. The van der Waals surface area contributed by atoms with E-state index in [-0.39, 0.29) is 12.5 Å². The Bertz CT molecular complexity index is 787. The number of ether oxygens (including phenoxy) is 2. The molecule has 0 fully saturated rings. The van der Waals surface area contributed by atoms with Crippen molar-refractivity contribution in [2.45, 2.75) is 13.8 Å². The number of amides is 2. The molecule has 0 atom stereocenters. The molecule has 2 N–H and O–H groups in total. The minimum Gasteiger partial charge on any atom is -0.482 e. The topological polar surface area (TPSA) is 93.7 Å². The molecular formula is C19H20N2O5. The highest BCUT2D eigenvalue weighted by atomic mass is 16.6. The van der Waals surface area contributed by atoms with Crippen molar-refractivity contribution in [2.24, 2.45) is 0 Å². The van der Waals surface area contributed by atoms with Crippen LogP contribution in [-0.2, 0) is 19.1 Å². The summed E-state index contributed by atoms with van der Waals surface area (Å²) >= 11 is 0. The second-order valence-corrected chi connectivity index (χ2v) is 5.57. The Hall–Kier alpha value is -3.35. The van der Waals surface area contributed by atoms with Crippen LogP contribution in [0.4, 0.5) is 11.4 Å². The highest BCUT2D eigenvalue weighted by Crippen LogP contribution is 2.14. The molecule has 7 heteroatoms. The Morgan fingerprint density at radius 2 is 1.58 bits per heavy atom. The molecule has 0 aromatic heterocycles. The number of aryl methyl sites for hydroxylation is 1. The molecule has 2 amide bonds. The maximum atomic E-state index is 11.8. The van der Waals surface area contributed by atoms with Crippen molar-refractivity contribution in [3.05, 3.63) is 54.1 Å². The zero-order chi connectivity index (χ0) is 18.9. The predicted octanol–water partition coefficient (Wildman–Crippen LogP) is 2.51. The third kappa shape index (κ3) is 6.64. The summed E-state index contributed by atoms with van der Waals surface area (Å²) in [6.07, 6.45) is 0. The largest absolute Gasteiger partial charge is 0.482 e. The Balaban J connectivity index is 1.72. The van der Waals surface area contributed by atoms with Gasteiger partial charge in [0.2, 0.25) is 5.91 Å². The average Bonchev–Trinajstić information content (AvgIpc) is 2.59. The van der Waals surface area contributed by atoms with Gasteiger partial charge in [0, 0.05) is 18.3 Å². The normalized spacial score (nSPS) is 9.92. The molecule has 0 saturated heterocycles. The molecule has 2 rings (SSSR count). The minimum absolute atomic E-state index is 0.179. The summed E-state index contributed by atoms with van der Waals surface area (Å²) in [5.74, 6) is -0.726. The van der Waals surface area contributed by atoms with Crippen LogP contribution in [0.25, 0.3) is 0 Å². The lowest BCUT2D eigenvalue weighted by atomic mass is 10.2. The molecule has 7 nitrogen and oxygen atoms in total. The third-order valence-corrected chi connectivity index (χ3v) is 3.20. The molecule has 26 heavy (non-hydrogen) atoms. The Labute approximate surface area is 151 Å². The van der Waals surface area contributed by atoms with Gasteiger partial charge in [0.15, 0.2) is 13.2 Å². The van der Waals surface area contributed by atoms with Crippen molar-refractivity contribution < 1.29 is 23.9 Å².